The summed E-state index contributed by atoms with van der Waals surface area (Å²) in [7, 11) is 0. The first-order valence-corrected chi connectivity index (χ1v) is 4.76. The van der Waals surface area contributed by atoms with E-state index in [0.29, 0.717) is 5.06 Å². The number of carbonyl (C=O) groups is 3. The Kier molecular flexibility index (Phi) is 6.09. The minimum Gasteiger partial charge on any atom is -0.481 e. The lowest BCUT2D eigenvalue weighted by Crippen LogP contribution is -2.29. The third kappa shape index (κ3) is 5.97. The average Bonchev–Trinajstić information content (AvgIpc) is 2.15. The molecule has 0 aliphatic rings. The standard InChI is InChI=1S/C9H15NO6/c1-6(11)10(16)5-4-7(9(14)15)2-3-8(12)13/h7,16H,2-5H2,1H3,(H,12,13)(H,14,15). The number of rotatable bonds is 7. The van der Waals surface area contributed by atoms with Gasteiger partial charge in [0.25, 0.3) is 0 Å². The molecule has 1 atom stereocenters. The van der Waals surface area contributed by atoms with Gasteiger partial charge in [-0.05, 0) is 12.8 Å². The van der Waals surface area contributed by atoms with Gasteiger partial charge < -0.3 is 10.2 Å². The molecule has 7 heteroatoms. The van der Waals surface area contributed by atoms with E-state index in [1.807, 2.05) is 0 Å². The summed E-state index contributed by atoms with van der Waals surface area (Å²) in [6, 6.07) is 0. The minimum atomic E-state index is -1.13. The molecule has 0 bridgehead atoms. The number of carboxylic acids is 2. The number of hydroxylamine groups is 2. The fourth-order valence-electron chi connectivity index (χ4n) is 1.12. The molecule has 3 N–H and O–H groups in total. The van der Waals surface area contributed by atoms with Crippen molar-refractivity contribution in [2.45, 2.75) is 26.2 Å². The molecule has 0 rings (SSSR count). The van der Waals surface area contributed by atoms with Crippen LogP contribution in [0.25, 0.3) is 0 Å². The van der Waals surface area contributed by atoms with Crippen LogP contribution in [0.1, 0.15) is 26.2 Å². The summed E-state index contributed by atoms with van der Waals surface area (Å²) >= 11 is 0. The highest BCUT2D eigenvalue weighted by atomic mass is 16.5. The van der Waals surface area contributed by atoms with E-state index in [4.69, 9.17) is 15.4 Å². The maximum atomic E-state index is 10.7. The molecule has 1 unspecified atom stereocenters. The highest BCUT2D eigenvalue weighted by Crippen LogP contribution is 2.12. The fourth-order valence-corrected chi connectivity index (χ4v) is 1.12. The Balaban J connectivity index is 4.09. The topological polar surface area (TPSA) is 115 Å². The Bertz CT molecular complexity index is 277. The van der Waals surface area contributed by atoms with Crippen LogP contribution in [0.15, 0.2) is 0 Å². The molecule has 7 nitrogen and oxygen atoms in total. The van der Waals surface area contributed by atoms with Crippen LogP contribution in [0, 0.1) is 5.92 Å². The van der Waals surface area contributed by atoms with Gasteiger partial charge in [-0.2, -0.15) is 0 Å². The fraction of sp³-hybridized carbons (Fsp3) is 0.667. The Morgan fingerprint density at radius 1 is 1.19 bits per heavy atom. The maximum Gasteiger partial charge on any atom is 0.306 e. The Morgan fingerprint density at radius 2 is 1.75 bits per heavy atom. The second-order valence-corrected chi connectivity index (χ2v) is 3.40. The van der Waals surface area contributed by atoms with Crippen molar-refractivity contribution in [2.24, 2.45) is 5.92 Å². The van der Waals surface area contributed by atoms with Gasteiger partial charge in [0.2, 0.25) is 5.91 Å². The number of carboxylic acid groups (broad SMARTS) is 2. The van der Waals surface area contributed by atoms with Gasteiger partial charge in [-0.15, -0.1) is 0 Å². The number of hydrogen-bond acceptors (Lipinski definition) is 4. The first-order chi connectivity index (χ1) is 7.34. The summed E-state index contributed by atoms with van der Waals surface area (Å²) < 4.78 is 0. The number of carbonyl (C=O) groups excluding carboxylic acids is 1. The summed E-state index contributed by atoms with van der Waals surface area (Å²) in [4.78, 5) is 31.6. The summed E-state index contributed by atoms with van der Waals surface area (Å²) in [5, 5.41) is 26.6. The number of amides is 1. The third-order valence-electron chi connectivity index (χ3n) is 2.11. The van der Waals surface area contributed by atoms with E-state index in [9.17, 15) is 14.4 Å². The zero-order chi connectivity index (χ0) is 12.7. The van der Waals surface area contributed by atoms with E-state index in [1.165, 1.54) is 0 Å². The average molecular weight is 233 g/mol. The first-order valence-electron chi connectivity index (χ1n) is 4.76. The van der Waals surface area contributed by atoms with Crippen LogP contribution in [0.2, 0.25) is 0 Å². The van der Waals surface area contributed by atoms with Crippen molar-refractivity contribution in [3.63, 3.8) is 0 Å². The molecule has 0 heterocycles. The van der Waals surface area contributed by atoms with E-state index >= 15 is 0 Å². The van der Waals surface area contributed by atoms with E-state index in [1.54, 1.807) is 0 Å². The van der Waals surface area contributed by atoms with E-state index < -0.39 is 23.8 Å². The third-order valence-corrected chi connectivity index (χ3v) is 2.11. The van der Waals surface area contributed by atoms with Gasteiger partial charge in [0.15, 0.2) is 0 Å². The van der Waals surface area contributed by atoms with Gasteiger partial charge in [0, 0.05) is 19.9 Å². The van der Waals surface area contributed by atoms with Crippen molar-refractivity contribution in [1.82, 2.24) is 5.06 Å². The number of nitrogens with zero attached hydrogens (tertiary/aromatic N) is 1. The SMILES string of the molecule is CC(=O)N(O)CCC(CCC(=O)O)C(=O)O. The molecule has 0 spiro atoms. The van der Waals surface area contributed by atoms with E-state index in [0.717, 1.165) is 6.92 Å². The van der Waals surface area contributed by atoms with Crippen molar-refractivity contribution in [3.05, 3.63) is 0 Å². The van der Waals surface area contributed by atoms with Crippen LogP contribution in [-0.4, -0.2) is 44.9 Å². The second kappa shape index (κ2) is 6.78. The number of hydrogen-bond donors (Lipinski definition) is 3. The van der Waals surface area contributed by atoms with Crippen LogP contribution in [-0.2, 0) is 14.4 Å². The Morgan fingerprint density at radius 3 is 2.12 bits per heavy atom. The molecule has 0 aromatic carbocycles. The minimum absolute atomic E-state index is 0.0174. The highest BCUT2D eigenvalue weighted by Gasteiger charge is 2.20. The lowest BCUT2D eigenvalue weighted by Gasteiger charge is -2.15. The largest absolute Gasteiger partial charge is 0.481 e. The van der Waals surface area contributed by atoms with Gasteiger partial charge in [0.1, 0.15) is 0 Å². The zero-order valence-electron chi connectivity index (χ0n) is 8.92. The van der Waals surface area contributed by atoms with Gasteiger partial charge in [-0.1, -0.05) is 0 Å². The Hall–Kier alpha value is -1.63. The molecule has 0 saturated heterocycles. The first kappa shape index (κ1) is 14.4. The molecule has 0 saturated carbocycles. The summed E-state index contributed by atoms with van der Waals surface area (Å²) in [6.07, 6.45) is -0.239. The van der Waals surface area contributed by atoms with E-state index in [-0.39, 0.29) is 25.8 Å². The lowest BCUT2D eigenvalue weighted by atomic mass is 9.99. The molecule has 0 aromatic rings. The van der Waals surface area contributed by atoms with Gasteiger partial charge >= 0.3 is 11.9 Å². The van der Waals surface area contributed by atoms with Crippen molar-refractivity contribution in [2.75, 3.05) is 6.54 Å². The van der Waals surface area contributed by atoms with Crippen molar-refractivity contribution >= 4 is 17.8 Å². The van der Waals surface area contributed by atoms with Crippen LogP contribution in [0.3, 0.4) is 0 Å². The quantitative estimate of drug-likeness (QED) is 0.426. The second-order valence-electron chi connectivity index (χ2n) is 3.40. The summed E-state index contributed by atoms with van der Waals surface area (Å²) in [5.74, 6) is -3.65. The van der Waals surface area contributed by atoms with Crippen LogP contribution < -0.4 is 0 Å². The Labute approximate surface area is 92.2 Å². The molecule has 0 aliphatic heterocycles. The summed E-state index contributed by atoms with van der Waals surface area (Å²) in [6.45, 7) is 1.03. The van der Waals surface area contributed by atoms with Gasteiger partial charge in [-0.25, -0.2) is 5.06 Å². The van der Waals surface area contributed by atoms with Crippen LogP contribution >= 0.6 is 0 Å². The predicted octanol–water partition coefficient (Wildman–Crippen LogP) is 0.180. The molecule has 1 amide bonds. The van der Waals surface area contributed by atoms with Gasteiger partial charge in [-0.3, -0.25) is 19.6 Å². The molecule has 0 radical (unpaired) electrons. The maximum absolute atomic E-state index is 10.7. The van der Waals surface area contributed by atoms with Crippen molar-refractivity contribution in [3.8, 4) is 0 Å². The molecular weight excluding hydrogens is 218 g/mol. The molecular formula is C9H15NO6. The van der Waals surface area contributed by atoms with Crippen molar-refractivity contribution < 1.29 is 29.8 Å². The normalized spacial score (nSPS) is 11.9. The monoisotopic (exact) mass is 233 g/mol. The molecule has 92 valence electrons. The summed E-state index contributed by atoms with van der Waals surface area (Å²) in [5.41, 5.74) is 0. The highest BCUT2D eigenvalue weighted by molar-refractivity contribution is 5.73. The zero-order valence-corrected chi connectivity index (χ0v) is 8.92. The van der Waals surface area contributed by atoms with Crippen LogP contribution in [0.4, 0.5) is 0 Å². The lowest BCUT2D eigenvalue weighted by molar-refractivity contribution is -0.164. The smallest absolute Gasteiger partial charge is 0.306 e. The predicted molar refractivity (Wildman–Crippen MR) is 51.8 cm³/mol. The molecule has 16 heavy (non-hydrogen) atoms. The van der Waals surface area contributed by atoms with Crippen molar-refractivity contribution in [1.29, 1.82) is 0 Å². The molecule has 0 aromatic heterocycles. The number of aliphatic carboxylic acids is 2. The molecule has 0 fully saturated rings. The molecule has 0 aliphatic carbocycles. The van der Waals surface area contributed by atoms with E-state index in [2.05, 4.69) is 0 Å². The van der Waals surface area contributed by atoms with Crippen LogP contribution in [0.5, 0.6) is 0 Å². The van der Waals surface area contributed by atoms with Gasteiger partial charge in [0.05, 0.1) is 5.92 Å².